The molecular weight excluding hydrogens is 268 g/mol. The number of nitrogens with zero attached hydrogens (tertiary/aromatic N) is 4. The molecule has 2 N–H and O–H groups in total. The fourth-order valence-corrected chi connectivity index (χ4v) is 2.53. The van der Waals surface area contributed by atoms with Gasteiger partial charge >= 0.3 is 0 Å². The zero-order chi connectivity index (χ0) is 15.1. The summed E-state index contributed by atoms with van der Waals surface area (Å²) in [4.78, 5) is 15.6. The first-order chi connectivity index (χ1) is 10.3. The van der Waals surface area contributed by atoms with E-state index < -0.39 is 0 Å². The van der Waals surface area contributed by atoms with Crippen molar-refractivity contribution in [2.24, 2.45) is 0 Å². The molecule has 1 fully saturated rings. The number of ether oxygens (including phenoxy) is 1. The van der Waals surface area contributed by atoms with Gasteiger partial charge in [0.2, 0.25) is 17.8 Å². The van der Waals surface area contributed by atoms with Crippen molar-refractivity contribution in [2.75, 3.05) is 49.4 Å². The van der Waals surface area contributed by atoms with Gasteiger partial charge in [-0.05, 0) is 19.3 Å². The second kappa shape index (κ2) is 7.97. The van der Waals surface area contributed by atoms with Crippen LogP contribution < -0.4 is 15.5 Å². The monoisotopic (exact) mass is 294 g/mol. The molecule has 1 saturated heterocycles. The molecule has 21 heavy (non-hydrogen) atoms. The van der Waals surface area contributed by atoms with Crippen LogP contribution in [0.1, 0.15) is 32.6 Å². The summed E-state index contributed by atoms with van der Waals surface area (Å²) in [5.74, 6) is 1.97. The lowest BCUT2D eigenvalue weighted by Crippen LogP contribution is -2.27. The van der Waals surface area contributed by atoms with Crippen molar-refractivity contribution < 1.29 is 4.74 Å². The van der Waals surface area contributed by atoms with Gasteiger partial charge in [0.1, 0.15) is 0 Å². The van der Waals surface area contributed by atoms with Crippen molar-refractivity contribution in [2.45, 2.75) is 38.6 Å². The predicted octanol–water partition coefficient (Wildman–Crippen LogP) is 1.74. The molecule has 0 aliphatic carbocycles. The van der Waals surface area contributed by atoms with Crippen molar-refractivity contribution in [1.29, 1.82) is 0 Å². The summed E-state index contributed by atoms with van der Waals surface area (Å²) in [6.07, 6.45) is 4.51. The Morgan fingerprint density at radius 1 is 1.19 bits per heavy atom. The molecule has 2 rings (SSSR count). The van der Waals surface area contributed by atoms with E-state index >= 15 is 0 Å². The Hall–Kier alpha value is -1.63. The quantitative estimate of drug-likeness (QED) is 0.756. The summed E-state index contributed by atoms with van der Waals surface area (Å²) in [6.45, 7) is 4.84. The van der Waals surface area contributed by atoms with Crippen LogP contribution in [0.3, 0.4) is 0 Å². The summed E-state index contributed by atoms with van der Waals surface area (Å²) >= 11 is 0. The molecule has 7 nitrogen and oxygen atoms in total. The molecule has 2 heterocycles. The number of nitrogens with one attached hydrogen (secondary N) is 2. The minimum atomic E-state index is 0.221. The molecule has 118 valence electrons. The van der Waals surface area contributed by atoms with Gasteiger partial charge in [-0.1, -0.05) is 13.3 Å². The van der Waals surface area contributed by atoms with Crippen molar-refractivity contribution in [1.82, 2.24) is 15.0 Å². The summed E-state index contributed by atoms with van der Waals surface area (Å²) in [7, 11) is 3.54. The summed E-state index contributed by atoms with van der Waals surface area (Å²) in [5.41, 5.74) is 0. The highest BCUT2D eigenvalue weighted by molar-refractivity contribution is 5.44. The van der Waals surface area contributed by atoms with Crippen LogP contribution in [-0.4, -0.2) is 54.8 Å². The molecule has 7 heteroatoms. The third-order valence-corrected chi connectivity index (χ3v) is 3.57. The second-order valence-electron chi connectivity index (χ2n) is 5.31. The maximum atomic E-state index is 5.26. The highest BCUT2D eigenvalue weighted by Crippen LogP contribution is 2.19. The second-order valence-corrected chi connectivity index (χ2v) is 5.31. The lowest BCUT2D eigenvalue weighted by molar-refractivity contribution is 0.182. The van der Waals surface area contributed by atoms with E-state index in [0.29, 0.717) is 18.5 Å². The van der Waals surface area contributed by atoms with Crippen LogP contribution in [0.5, 0.6) is 0 Å². The first-order valence-electron chi connectivity index (χ1n) is 7.71. The van der Waals surface area contributed by atoms with Gasteiger partial charge in [-0.2, -0.15) is 15.0 Å². The number of anilines is 3. The third kappa shape index (κ3) is 4.42. The van der Waals surface area contributed by atoms with E-state index in [9.17, 15) is 0 Å². The summed E-state index contributed by atoms with van der Waals surface area (Å²) < 4.78 is 5.26. The normalized spacial score (nSPS) is 16.0. The minimum absolute atomic E-state index is 0.221. The Bertz CT molecular complexity index is 429. The molecule has 1 aromatic heterocycles. The Labute approximate surface area is 126 Å². The van der Waals surface area contributed by atoms with Gasteiger partial charge in [0.05, 0.1) is 12.6 Å². The molecule has 0 aromatic carbocycles. The molecule has 1 aromatic rings. The van der Waals surface area contributed by atoms with Gasteiger partial charge in [0.25, 0.3) is 0 Å². The largest absolute Gasteiger partial charge is 0.383 e. The van der Waals surface area contributed by atoms with Gasteiger partial charge in [0.15, 0.2) is 0 Å². The van der Waals surface area contributed by atoms with Crippen LogP contribution in [0.4, 0.5) is 17.8 Å². The van der Waals surface area contributed by atoms with E-state index in [1.165, 1.54) is 12.8 Å². The Kier molecular flexibility index (Phi) is 5.98. The Balaban J connectivity index is 2.14. The van der Waals surface area contributed by atoms with Crippen molar-refractivity contribution in [3.8, 4) is 0 Å². The van der Waals surface area contributed by atoms with E-state index in [1.54, 1.807) is 7.11 Å². The van der Waals surface area contributed by atoms with E-state index in [4.69, 9.17) is 4.74 Å². The number of hydrogen-bond donors (Lipinski definition) is 2. The van der Waals surface area contributed by atoms with Crippen LogP contribution in [-0.2, 0) is 4.74 Å². The zero-order valence-corrected chi connectivity index (χ0v) is 13.2. The molecule has 0 radical (unpaired) electrons. The fourth-order valence-electron chi connectivity index (χ4n) is 2.53. The first-order valence-corrected chi connectivity index (χ1v) is 7.71. The van der Waals surface area contributed by atoms with Gasteiger partial charge in [0, 0.05) is 27.2 Å². The molecular formula is C14H26N6O. The van der Waals surface area contributed by atoms with Crippen molar-refractivity contribution in [3.63, 3.8) is 0 Å². The van der Waals surface area contributed by atoms with E-state index in [-0.39, 0.29) is 6.04 Å². The maximum Gasteiger partial charge on any atom is 0.231 e. The smallest absolute Gasteiger partial charge is 0.231 e. The van der Waals surface area contributed by atoms with Crippen LogP contribution in [0.15, 0.2) is 0 Å². The third-order valence-electron chi connectivity index (χ3n) is 3.57. The van der Waals surface area contributed by atoms with Gasteiger partial charge in [-0.15, -0.1) is 0 Å². The van der Waals surface area contributed by atoms with E-state index in [2.05, 4.69) is 37.4 Å². The highest BCUT2D eigenvalue weighted by Gasteiger charge is 2.18. The SMILES string of the molecule is CCCC(COC)Nc1nc(NC)nc(N2CCCC2)n1. The molecule has 1 aliphatic heterocycles. The highest BCUT2D eigenvalue weighted by atomic mass is 16.5. The van der Waals surface area contributed by atoms with Crippen LogP contribution >= 0.6 is 0 Å². The average Bonchev–Trinajstić information content (AvgIpc) is 3.01. The number of aromatic nitrogens is 3. The van der Waals surface area contributed by atoms with Gasteiger partial charge in [-0.25, -0.2) is 0 Å². The molecule has 1 aliphatic rings. The molecule has 0 saturated carbocycles. The van der Waals surface area contributed by atoms with Crippen LogP contribution in [0.25, 0.3) is 0 Å². The van der Waals surface area contributed by atoms with Gasteiger partial charge < -0.3 is 20.3 Å². The molecule has 0 bridgehead atoms. The van der Waals surface area contributed by atoms with Crippen molar-refractivity contribution in [3.05, 3.63) is 0 Å². The molecule has 1 atom stereocenters. The van der Waals surface area contributed by atoms with Crippen molar-refractivity contribution >= 4 is 17.8 Å². The molecule has 0 spiro atoms. The topological polar surface area (TPSA) is 75.2 Å². The van der Waals surface area contributed by atoms with Crippen LogP contribution in [0, 0.1) is 0 Å². The summed E-state index contributed by atoms with van der Waals surface area (Å²) in [5, 5.41) is 6.37. The zero-order valence-electron chi connectivity index (χ0n) is 13.2. The van der Waals surface area contributed by atoms with Gasteiger partial charge in [-0.3, -0.25) is 0 Å². The number of methoxy groups -OCH3 is 1. The minimum Gasteiger partial charge on any atom is -0.383 e. The molecule has 0 amide bonds. The van der Waals surface area contributed by atoms with E-state index in [0.717, 1.165) is 31.9 Å². The number of hydrogen-bond acceptors (Lipinski definition) is 7. The van der Waals surface area contributed by atoms with Crippen LogP contribution in [0.2, 0.25) is 0 Å². The average molecular weight is 294 g/mol. The predicted molar refractivity (Wildman–Crippen MR) is 85.0 cm³/mol. The molecule has 1 unspecified atom stereocenters. The Morgan fingerprint density at radius 2 is 1.90 bits per heavy atom. The number of rotatable bonds is 8. The fraction of sp³-hybridized carbons (Fsp3) is 0.786. The lowest BCUT2D eigenvalue weighted by atomic mass is 10.2. The standard InChI is InChI=1S/C14H26N6O/c1-4-7-11(10-21-3)16-13-17-12(15-2)18-14(19-13)20-8-5-6-9-20/h11H,4-10H2,1-3H3,(H2,15,16,17,18,19). The lowest BCUT2D eigenvalue weighted by Gasteiger charge is -2.20. The maximum absolute atomic E-state index is 5.26. The first kappa shape index (κ1) is 15.8. The van der Waals surface area contributed by atoms with E-state index in [1.807, 2.05) is 7.05 Å². The summed E-state index contributed by atoms with van der Waals surface area (Å²) in [6, 6.07) is 0.221. The Morgan fingerprint density at radius 3 is 2.52 bits per heavy atom.